The van der Waals surface area contributed by atoms with E-state index in [2.05, 4.69) is 10.3 Å². The van der Waals surface area contributed by atoms with Gasteiger partial charge in [0.1, 0.15) is 0 Å². The van der Waals surface area contributed by atoms with E-state index in [-0.39, 0.29) is 24.9 Å². The smallest absolute Gasteiger partial charge is 0.221 e. The molecule has 1 aromatic heterocycles. The van der Waals surface area contributed by atoms with Crippen molar-refractivity contribution in [2.45, 2.75) is 32.7 Å². The molecule has 2 N–H and O–H groups in total. The molecular weight excluding hydrogens is 326 g/mol. The number of H-pyrrole nitrogens is 1. The van der Waals surface area contributed by atoms with E-state index in [1.165, 1.54) is 10.6 Å². The van der Waals surface area contributed by atoms with Crippen molar-refractivity contribution in [1.82, 2.24) is 14.6 Å². The number of rotatable bonds is 8. The standard InChI is InChI=1S/C17H25N3O3S/c1-13(2)19-17(21)9-11-20(24(3,22)23)10-8-14-12-18-16-7-5-4-6-15(14)16/h4-7,12-13,18H,8-11H2,1-3H3,(H,19,21). The first-order chi connectivity index (χ1) is 11.3. The molecule has 0 aliphatic heterocycles. The number of hydrogen-bond donors (Lipinski definition) is 2. The van der Waals surface area contributed by atoms with Crippen LogP contribution in [0.1, 0.15) is 25.8 Å². The van der Waals surface area contributed by atoms with Crippen LogP contribution >= 0.6 is 0 Å². The lowest BCUT2D eigenvalue weighted by molar-refractivity contribution is -0.121. The van der Waals surface area contributed by atoms with Gasteiger partial charge in [0, 0.05) is 42.7 Å². The molecule has 1 aromatic carbocycles. The van der Waals surface area contributed by atoms with Crippen molar-refractivity contribution < 1.29 is 13.2 Å². The average molecular weight is 351 g/mol. The number of fused-ring (bicyclic) bond motifs is 1. The predicted octanol–water partition coefficient (Wildman–Crippen LogP) is 1.89. The number of nitrogens with one attached hydrogen (secondary N) is 2. The molecule has 0 unspecified atom stereocenters. The summed E-state index contributed by atoms with van der Waals surface area (Å²) in [6, 6.07) is 7.98. The van der Waals surface area contributed by atoms with Gasteiger partial charge in [0.25, 0.3) is 0 Å². The van der Waals surface area contributed by atoms with Crippen molar-refractivity contribution in [3.63, 3.8) is 0 Å². The Kier molecular flexibility index (Phi) is 6.01. The van der Waals surface area contributed by atoms with Crippen molar-refractivity contribution in [3.05, 3.63) is 36.0 Å². The molecule has 0 atom stereocenters. The SMILES string of the molecule is CC(C)NC(=O)CCN(CCc1c[nH]c2ccccc12)S(C)(=O)=O. The van der Waals surface area contributed by atoms with E-state index >= 15 is 0 Å². The zero-order valence-corrected chi connectivity index (χ0v) is 15.2. The van der Waals surface area contributed by atoms with Crippen LogP contribution in [0.2, 0.25) is 0 Å². The lowest BCUT2D eigenvalue weighted by Gasteiger charge is -2.20. The number of nitrogens with zero attached hydrogens (tertiary/aromatic N) is 1. The first-order valence-corrected chi connectivity index (χ1v) is 9.91. The number of carbonyl (C=O) groups excluding carboxylic acids is 1. The summed E-state index contributed by atoms with van der Waals surface area (Å²) in [6.07, 6.45) is 3.86. The van der Waals surface area contributed by atoms with E-state index in [9.17, 15) is 13.2 Å². The van der Waals surface area contributed by atoms with Gasteiger partial charge in [-0.05, 0) is 31.9 Å². The topological polar surface area (TPSA) is 82.3 Å². The fourth-order valence-corrected chi connectivity index (χ4v) is 3.49. The molecule has 2 rings (SSSR count). The molecule has 1 heterocycles. The van der Waals surface area contributed by atoms with Gasteiger partial charge in [-0.15, -0.1) is 0 Å². The molecule has 0 fully saturated rings. The number of hydrogen-bond acceptors (Lipinski definition) is 3. The zero-order chi connectivity index (χ0) is 17.7. The van der Waals surface area contributed by atoms with Gasteiger partial charge in [0.2, 0.25) is 15.9 Å². The minimum absolute atomic E-state index is 0.0513. The Balaban J connectivity index is 2.00. The fraction of sp³-hybridized carbons (Fsp3) is 0.471. The third-order valence-electron chi connectivity index (χ3n) is 3.81. The number of sulfonamides is 1. The van der Waals surface area contributed by atoms with E-state index in [0.29, 0.717) is 13.0 Å². The normalized spacial score (nSPS) is 12.2. The molecule has 1 amide bonds. The maximum Gasteiger partial charge on any atom is 0.221 e. The summed E-state index contributed by atoms with van der Waals surface area (Å²) >= 11 is 0. The maximum atomic E-state index is 12.0. The first kappa shape index (κ1) is 18.5. The van der Waals surface area contributed by atoms with Crippen LogP contribution in [0.5, 0.6) is 0 Å². The van der Waals surface area contributed by atoms with Gasteiger partial charge in [-0.2, -0.15) is 0 Å². The van der Waals surface area contributed by atoms with E-state index in [4.69, 9.17) is 0 Å². The molecule has 132 valence electrons. The Bertz CT molecular complexity index is 796. The molecule has 6 nitrogen and oxygen atoms in total. The molecule has 7 heteroatoms. The van der Waals surface area contributed by atoms with Gasteiger partial charge in [-0.25, -0.2) is 12.7 Å². The fourth-order valence-electron chi connectivity index (χ4n) is 2.65. The summed E-state index contributed by atoms with van der Waals surface area (Å²) < 4.78 is 25.3. The van der Waals surface area contributed by atoms with Crippen molar-refractivity contribution in [2.75, 3.05) is 19.3 Å². The van der Waals surface area contributed by atoms with Crippen LogP contribution in [0.4, 0.5) is 0 Å². The van der Waals surface area contributed by atoms with E-state index in [0.717, 1.165) is 16.5 Å². The Morgan fingerprint density at radius 1 is 1.25 bits per heavy atom. The molecule has 0 aliphatic carbocycles. The number of para-hydroxylation sites is 1. The summed E-state index contributed by atoms with van der Waals surface area (Å²) in [5.41, 5.74) is 2.11. The summed E-state index contributed by atoms with van der Waals surface area (Å²) in [5, 5.41) is 3.88. The Labute approximate surface area is 143 Å². The van der Waals surface area contributed by atoms with Gasteiger partial charge in [0.15, 0.2) is 0 Å². The Hall–Kier alpha value is -1.86. The highest BCUT2D eigenvalue weighted by Gasteiger charge is 2.18. The maximum absolute atomic E-state index is 12.0. The van der Waals surface area contributed by atoms with E-state index < -0.39 is 10.0 Å². The average Bonchev–Trinajstić information content (AvgIpc) is 2.88. The van der Waals surface area contributed by atoms with Crippen LogP contribution in [0.3, 0.4) is 0 Å². The van der Waals surface area contributed by atoms with Gasteiger partial charge < -0.3 is 10.3 Å². The predicted molar refractivity (Wildman–Crippen MR) is 96.3 cm³/mol. The summed E-state index contributed by atoms with van der Waals surface area (Å²) in [6.45, 7) is 4.31. The van der Waals surface area contributed by atoms with Crippen LogP contribution in [0, 0.1) is 0 Å². The van der Waals surface area contributed by atoms with Crippen molar-refractivity contribution in [1.29, 1.82) is 0 Å². The van der Waals surface area contributed by atoms with Gasteiger partial charge in [-0.3, -0.25) is 4.79 Å². The number of aromatic nitrogens is 1. The molecule has 0 radical (unpaired) electrons. The van der Waals surface area contributed by atoms with Crippen molar-refractivity contribution in [3.8, 4) is 0 Å². The molecule has 0 saturated carbocycles. The molecule has 2 aromatic rings. The van der Waals surface area contributed by atoms with Crippen molar-refractivity contribution >= 4 is 26.8 Å². The van der Waals surface area contributed by atoms with Crippen LogP contribution in [0.25, 0.3) is 10.9 Å². The monoisotopic (exact) mass is 351 g/mol. The highest BCUT2D eigenvalue weighted by Crippen LogP contribution is 2.18. The molecular formula is C17H25N3O3S. The second-order valence-electron chi connectivity index (χ2n) is 6.24. The summed E-state index contributed by atoms with van der Waals surface area (Å²) in [4.78, 5) is 14.9. The lowest BCUT2D eigenvalue weighted by Crippen LogP contribution is -2.37. The van der Waals surface area contributed by atoms with E-state index in [1.807, 2.05) is 44.3 Å². The van der Waals surface area contributed by atoms with Gasteiger partial charge in [-0.1, -0.05) is 18.2 Å². The number of carbonyl (C=O) groups is 1. The highest BCUT2D eigenvalue weighted by molar-refractivity contribution is 7.88. The lowest BCUT2D eigenvalue weighted by atomic mass is 10.1. The van der Waals surface area contributed by atoms with Crippen LogP contribution in [-0.2, 0) is 21.2 Å². The third-order valence-corrected chi connectivity index (χ3v) is 5.12. The minimum atomic E-state index is -3.35. The zero-order valence-electron chi connectivity index (χ0n) is 14.4. The van der Waals surface area contributed by atoms with Gasteiger partial charge >= 0.3 is 0 Å². The molecule has 0 saturated heterocycles. The molecule has 0 aliphatic rings. The molecule has 0 bridgehead atoms. The third kappa shape index (κ3) is 5.07. The van der Waals surface area contributed by atoms with Crippen LogP contribution in [0.15, 0.2) is 30.5 Å². The molecule has 24 heavy (non-hydrogen) atoms. The second kappa shape index (κ2) is 7.81. The number of benzene rings is 1. The second-order valence-corrected chi connectivity index (χ2v) is 8.23. The highest BCUT2D eigenvalue weighted by atomic mass is 32.2. The summed E-state index contributed by atoms with van der Waals surface area (Å²) in [7, 11) is -3.35. The Morgan fingerprint density at radius 2 is 1.96 bits per heavy atom. The minimum Gasteiger partial charge on any atom is -0.361 e. The number of aromatic amines is 1. The quantitative estimate of drug-likeness (QED) is 0.762. The largest absolute Gasteiger partial charge is 0.361 e. The van der Waals surface area contributed by atoms with E-state index in [1.54, 1.807) is 0 Å². The molecule has 0 spiro atoms. The van der Waals surface area contributed by atoms with Gasteiger partial charge in [0.05, 0.1) is 6.26 Å². The van der Waals surface area contributed by atoms with Crippen LogP contribution in [-0.4, -0.2) is 49.0 Å². The van der Waals surface area contributed by atoms with Crippen LogP contribution < -0.4 is 5.32 Å². The number of amides is 1. The summed E-state index contributed by atoms with van der Waals surface area (Å²) in [5.74, 6) is -0.134. The van der Waals surface area contributed by atoms with Crippen molar-refractivity contribution in [2.24, 2.45) is 0 Å². The first-order valence-electron chi connectivity index (χ1n) is 8.07. The Morgan fingerprint density at radius 3 is 2.62 bits per heavy atom.